The summed E-state index contributed by atoms with van der Waals surface area (Å²) in [5, 5.41) is 3.50. The zero-order chi connectivity index (χ0) is 11.2. The molecule has 0 aromatic rings. The van der Waals surface area contributed by atoms with Crippen molar-refractivity contribution in [3.05, 3.63) is 0 Å². The maximum atomic E-state index is 12.1. The minimum Gasteiger partial charge on any atom is -0.310 e. The molecular weight excluding hydrogens is 224 g/mol. The molecule has 1 atom stereocenters. The number of nitrogens with zero attached hydrogens (tertiary/aromatic N) is 1. The quantitative estimate of drug-likeness (QED) is 0.789. The highest BCUT2D eigenvalue weighted by molar-refractivity contribution is 7.89. The van der Waals surface area contributed by atoms with Gasteiger partial charge in [0.25, 0.3) is 0 Å². The Morgan fingerprint density at radius 3 is 2.75 bits per heavy atom. The summed E-state index contributed by atoms with van der Waals surface area (Å²) in [4.78, 5) is 0. The maximum Gasteiger partial charge on any atom is 0.214 e. The summed E-state index contributed by atoms with van der Waals surface area (Å²) in [7, 11) is -2.97. The van der Waals surface area contributed by atoms with Crippen molar-refractivity contribution in [2.24, 2.45) is 5.92 Å². The van der Waals surface area contributed by atoms with Crippen LogP contribution in [0.25, 0.3) is 0 Å². The smallest absolute Gasteiger partial charge is 0.214 e. The molecule has 2 saturated heterocycles. The lowest BCUT2D eigenvalue weighted by Gasteiger charge is -2.24. The molecule has 2 aliphatic heterocycles. The Kier molecular flexibility index (Phi) is 2.53. The van der Waals surface area contributed by atoms with Gasteiger partial charge >= 0.3 is 0 Å². The van der Waals surface area contributed by atoms with Crippen LogP contribution in [0.4, 0.5) is 0 Å². The fourth-order valence-electron chi connectivity index (χ4n) is 2.98. The SMILES string of the molecule is O=S(=O)(CC1CC1)N1CCC2(CCCN2)C1. The van der Waals surface area contributed by atoms with Gasteiger partial charge in [0, 0.05) is 18.6 Å². The van der Waals surface area contributed by atoms with Crippen LogP contribution in [0.1, 0.15) is 32.1 Å². The van der Waals surface area contributed by atoms with E-state index in [0.29, 0.717) is 18.2 Å². The molecular formula is C11H20N2O2S. The second-order valence-corrected chi connectivity index (χ2v) is 7.63. The molecule has 3 fully saturated rings. The zero-order valence-corrected chi connectivity index (χ0v) is 10.4. The highest BCUT2D eigenvalue weighted by atomic mass is 32.2. The number of rotatable bonds is 3. The first-order valence-electron chi connectivity index (χ1n) is 6.33. The fourth-order valence-corrected chi connectivity index (χ4v) is 4.93. The average molecular weight is 244 g/mol. The molecule has 92 valence electrons. The summed E-state index contributed by atoms with van der Waals surface area (Å²) in [5.74, 6) is 0.849. The lowest BCUT2D eigenvalue weighted by molar-refractivity contribution is 0.381. The Labute approximate surface area is 97.4 Å². The van der Waals surface area contributed by atoms with Crippen molar-refractivity contribution >= 4 is 10.0 Å². The Morgan fingerprint density at radius 2 is 2.12 bits per heavy atom. The minimum absolute atomic E-state index is 0.122. The van der Waals surface area contributed by atoms with Crippen molar-refractivity contribution in [2.75, 3.05) is 25.4 Å². The van der Waals surface area contributed by atoms with Crippen LogP contribution in [-0.4, -0.2) is 43.6 Å². The van der Waals surface area contributed by atoms with Gasteiger partial charge in [-0.15, -0.1) is 0 Å². The molecule has 1 spiro atoms. The molecule has 1 aliphatic carbocycles. The van der Waals surface area contributed by atoms with Gasteiger partial charge in [-0.1, -0.05) is 0 Å². The van der Waals surface area contributed by atoms with Gasteiger partial charge in [-0.05, 0) is 44.6 Å². The molecule has 1 N–H and O–H groups in total. The highest BCUT2D eigenvalue weighted by Crippen LogP contribution is 2.35. The number of sulfonamides is 1. The number of hydrogen-bond acceptors (Lipinski definition) is 3. The summed E-state index contributed by atoms with van der Waals surface area (Å²) >= 11 is 0. The maximum absolute atomic E-state index is 12.1. The topological polar surface area (TPSA) is 49.4 Å². The van der Waals surface area contributed by atoms with Crippen molar-refractivity contribution in [2.45, 2.75) is 37.6 Å². The molecule has 4 nitrogen and oxygen atoms in total. The molecule has 1 unspecified atom stereocenters. The Balaban J connectivity index is 1.67. The van der Waals surface area contributed by atoms with Gasteiger partial charge in [0.2, 0.25) is 10.0 Å². The van der Waals surface area contributed by atoms with E-state index in [4.69, 9.17) is 0 Å². The minimum atomic E-state index is -2.97. The summed E-state index contributed by atoms with van der Waals surface area (Å²) < 4.78 is 26.0. The van der Waals surface area contributed by atoms with Crippen molar-refractivity contribution in [1.82, 2.24) is 9.62 Å². The molecule has 0 amide bonds. The first kappa shape index (κ1) is 11.0. The molecule has 16 heavy (non-hydrogen) atoms. The highest BCUT2D eigenvalue weighted by Gasteiger charge is 2.44. The van der Waals surface area contributed by atoms with Crippen molar-refractivity contribution in [1.29, 1.82) is 0 Å². The molecule has 0 radical (unpaired) electrons. The molecule has 0 aromatic carbocycles. The van der Waals surface area contributed by atoms with E-state index in [1.807, 2.05) is 0 Å². The third-order valence-electron chi connectivity index (χ3n) is 4.19. The van der Waals surface area contributed by atoms with E-state index in [-0.39, 0.29) is 5.54 Å². The van der Waals surface area contributed by atoms with Crippen LogP contribution in [0.3, 0.4) is 0 Å². The fraction of sp³-hybridized carbons (Fsp3) is 1.00. The summed E-state index contributed by atoms with van der Waals surface area (Å²) in [5.41, 5.74) is 0.122. The Hall–Kier alpha value is -0.130. The van der Waals surface area contributed by atoms with Gasteiger partial charge in [0.15, 0.2) is 0 Å². The molecule has 0 bridgehead atoms. The van der Waals surface area contributed by atoms with Crippen LogP contribution in [0, 0.1) is 5.92 Å². The largest absolute Gasteiger partial charge is 0.310 e. The first-order chi connectivity index (χ1) is 7.60. The van der Waals surface area contributed by atoms with E-state index >= 15 is 0 Å². The van der Waals surface area contributed by atoms with Crippen LogP contribution >= 0.6 is 0 Å². The molecule has 1 saturated carbocycles. The summed E-state index contributed by atoms with van der Waals surface area (Å²) in [6, 6.07) is 0. The van der Waals surface area contributed by atoms with E-state index in [9.17, 15) is 8.42 Å². The van der Waals surface area contributed by atoms with Gasteiger partial charge < -0.3 is 5.32 Å². The third-order valence-corrected chi connectivity index (χ3v) is 6.18. The van der Waals surface area contributed by atoms with E-state index in [0.717, 1.165) is 38.8 Å². The molecule has 5 heteroatoms. The number of hydrogen-bond donors (Lipinski definition) is 1. The average Bonchev–Trinajstić information content (AvgIpc) is 2.81. The monoisotopic (exact) mass is 244 g/mol. The van der Waals surface area contributed by atoms with Crippen molar-refractivity contribution in [3.8, 4) is 0 Å². The normalized spacial score (nSPS) is 36.2. The lowest BCUT2D eigenvalue weighted by atomic mass is 9.97. The van der Waals surface area contributed by atoms with Crippen LogP contribution in [-0.2, 0) is 10.0 Å². The van der Waals surface area contributed by atoms with Gasteiger partial charge in [-0.25, -0.2) is 12.7 Å². The van der Waals surface area contributed by atoms with E-state index in [2.05, 4.69) is 5.32 Å². The van der Waals surface area contributed by atoms with Gasteiger partial charge in [-0.2, -0.15) is 0 Å². The number of nitrogens with one attached hydrogen (secondary N) is 1. The van der Waals surface area contributed by atoms with Gasteiger partial charge in [-0.3, -0.25) is 0 Å². The van der Waals surface area contributed by atoms with Gasteiger partial charge in [0.05, 0.1) is 5.75 Å². The van der Waals surface area contributed by atoms with E-state index in [1.54, 1.807) is 4.31 Å². The lowest BCUT2D eigenvalue weighted by Crippen LogP contribution is -2.43. The zero-order valence-electron chi connectivity index (χ0n) is 9.61. The van der Waals surface area contributed by atoms with Crippen LogP contribution < -0.4 is 5.32 Å². The van der Waals surface area contributed by atoms with Crippen molar-refractivity contribution in [3.63, 3.8) is 0 Å². The van der Waals surface area contributed by atoms with E-state index < -0.39 is 10.0 Å². The molecule has 3 rings (SSSR count). The third kappa shape index (κ3) is 2.00. The van der Waals surface area contributed by atoms with E-state index in [1.165, 1.54) is 6.42 Å². The van der Waals surface area contributed by atoms with Crippen molar-refractivity contribution < 1.29 is 8.42 Å². The van der Waals surface area contributed by atoms with Crippen LogP contribution in [0.5, 0.6) is 0 Å². The second kappa shape index (κ2) is 3.68. The second-order valence-electron chi connectivity index (χ2n) is 5.62. The summed E-state index contributed by atoms with van der Waals surface area (Å²) in [6.45, 7) is 2.49. The molecule has 3 aliphatic rings. The van der Waals surface area contributed by atoms with Gasteiger partial charge in [0.1, 0.15) is 0 Å². The Bertz CT molecular complexity index is 369. The molecule has 2 heterocycles. The van der Waals surface area contributed by atoms with Crippen LogP contribution in [0.2, 0.25) is 0 Å². The summed E-state index contributed by atoms with van der Waals surface area (Å²) in [6.07, 6.45) is 5.54. The standard InChI is InChI=1S/C11H20N2O2S/c14-16(15,8-10-2-3-10)13-7-5-11(9-13)4-1-6-12-11/h10,12H,1-9H2. The van der Waals surface area contributed by atoms with Crippen LogP contribution in [0.15, 0.2) is 0 Å². The molecule has 0 aromatic heterocycles. The first-order valence-corrected chi connectivity index (χ1v) is 7.94. The predicted octanol–water partition coefficient (Wildman–Crippen LogP) is 0.554. The Morgan fingerprint density at radius 1 is 1.31 bits per heavy atom. The predicted molar refractivity (Wildman–Crippen MR) is 62.7 cm³/mol.